The van der Waals surface area contributed by atoms with Crippen molar-refractivity contribution in [2.45, 2.75) is 58.9 Å². The summed E-state index contributed by atoms with van der Waals surface area (Å²) < 4.78 is 29.5. The van der Waals surface area contributed by atoms with E-state index in [2.05, 4.69) is 10.0 Å². The minimum atomic E-state index is -3.93. The Morgan fingerprint density at radius 1 is 0.788 bits per heavy atom. The maximum atomic E-state index is 13.4. The van der Waals surface area contributed by atoms with Crippen LogP contribution in [0.3, 0.4) is 0 Å². The second kappa shape index (κ2) is 9.89. The molecule has 6 heteroatoms. The molecule has 0 saturated carbocycles. The fourth-order valence-electron chi connectivity index (χ4n) is 4.46. The number of nitrogens with one attached hydrogen (secondary N) is 2. The van der Waals surface area contributed by atoms with Gasteiger partial charge in [0.2, 0.25) is 15.9 Å². The maximum Gasteiger partial charge on any atom is 0.242 e. The number of rotatable bonds is 7. The van der Waals surface area contributed by atoms with Crippen molar-refractivity contribution in [3.63, 3.8) is 0 Å². The Balaban J connectivity index is 1.97. The number of carbonyl (C=O) groups excluding carboxylic acids is 1. The van der Waals surface area contributed by atoms with Crippen molar-refractivity contribution < 1.29 is 13.2 Å². The van der Waals surface area contributed by atoms with Crippen LogP contribution in [0.4, 0.5) is 5.69 Å². The molecule has 174 valence electrons. The zero-order valence-corrected chi connectivity index (χ0v) is 20.9. The van der Waals surface area contributed by atoms with Gasteiger partial charge in [-0.25, -0.2) is 8.42 Å². The lowest BCUT2D eigenvalue weighted by Crippen LogP contribution is -2.45. The van der Waals surface area contributed by atoms with Crippen LogP contribution in [0, 0.1) is 41.5 Å². The average Bonchev–Trinajstić information content (AvgIpc) is 2.69. The van der Waals surface area contributed by atoms with Crippen molar-refractivity contribution in [1.82, 2.24) is 4.72 Å². The minimum Gasteiger partial charge on any atom is -0.324 e. The zero-order chi connectivity index (χ0) is 24.3. The molecule has 33 heavy (non-hydrogen) atoms. The summed E-state index contributed by atoms with van der Waals surface area (Å²) in [6, 6.07) is 16.1. The Bertz CT molecular complexity index is 1240. The molecule has 0 fully saturated rings. The minimum absolute atomic E-state index is 0.224. The molecule has 0 aliphatic carbocycles. The standard InChI is InChI=1S/C27H32N2O3S/c1-17-12-19(3)25(20(4)13-17)28-27(30)24(16-23-10-8-7-9-11-23)29-33(31,32)26-21(5)14-18(2)15-22(26)6/h7-15,24,29H,16H2,1-6H3,(H,28,30)/t24-/m0/s1. The number of sulfonamides is 1. The molecule has 0 saturated heterocycles. The third-order valence-electron chi connectivity index (χ3n) is 5.70. The SMILES string of the molecule is Cc1cc(C)c(NC(=O)[C@H](Cc2ccccc2)NS(=O)(=O)c2c(C)cc(C)cc2C)c(C)c1. The van der Waals surface area contributed by atoms with E-state index in [1.807, 2.05) is 82.3 Å². The van der Waals surface area contributed by atoms with Gasteiger partial charge < -0.3 is 5.32 Å². The van der Waals surface area contributed by atoms with E-state index < -0.39 is 16.1 Å². The van der Waals surface area contributed by atoms with Crippen LogP contribution in [0.2, 0.25) is 0 Å². The van der Waals surface area contributed by atoms with E-state index in [1.54, 1.807) is 13.8 Å². The van der Waals surface area contributed by atoms with E-state index in [0.717, 1.165) is 27.8 Å². The van der Waals surface area contributed by atoms with Crippen LogP contribution in [0.1, 0.15) is 38.9 Å². The van der Waals surface area contributed by atoms with Gasteiger partial charge in [0.25, 0.3) is 0 Å². The van der Waals surface area contributed by atoms with Gasteiger partial charge in [-0.1, -0.05) is 65.7 Å². The van der Waals surface area contributed by atoms with Crippen LogP contribution in [-0.2, 0) is 21.2 Å². The smallest absolute Gasteiger partial charge is 0.242 e. The van der Waals surface area contributed by atoms with E-state index in [-0.39, 0.29) is 17.2 Å². The second-order valence-electron chi connectivity index (χ2n) is 8.85. The predicted molar refractivity (Wildman–Crippen MR) is 134 cm³/mol. The first-order valence-corrected chi connectivity index (χ1v) is 12.5. The van der Waals surface area contributed by atoms with Crippen LogP contribution < -0.4 is 10.0 Å². The predicted octanol–water partition coefficient (Wildman–Crippen LogP) is 5.07. The van der Waals surface area contributed by atoms with E-state index >= 15 is 0 Å². The molecule has 0 aliphatic heterocycles. The molecule has 1 atom stereocenters. The molecule has 0 heterocycles. The van der Waals surface area contributed by atoms with Gasteiger partial charge in [-0.05, 0) is 75.8 Å². The molecule has 1 amide bonds. The fourth-order valence-corrected chi connectivity index (χ4v) is 6.11. The number of amides is 1. The van der Waals surface area contributed by atoms with Gasteiger partial charge in [-0.2, -0.15) is 4.72 Å². The summed E-state index contributed by atoms with van der Waals surface area (Å²) in [6.07, 6.45) is 0.236. The third kappa shape index (κ3) is 5.89. The summed E-state index contributed by atoms with van der Waals surface area (Å²) in [5.41, 5.74) is 6.87. The van der Waals surface area contributed by atoms with E-state index in [1.165, 1.54) is 0 Å². The zero-order valence-electron chi connectivity index (χ0n) is 20.1. The summed E-state index contributed by atoms with van der Waals surface area (Å²) >= 11 is 0. The first-order valence-electron chi connectivity index (χ1n) is 11.0. The Hall–Kier alpha value is -2.96. The number of benzene rings is 3. The molecule has 0 aliphatic rings. The molecule has 3 rings (SSSR count). The highest BCUT2D eigenvalue weighted by Crippen LogP contribution is 2.24. The molecular weight excluding hydrogens is 432 g/mol. The van der Waals surface area contributed by atoms with Crippen LogP contribution in [-0.4, -0.2) is 20.4 Å². The fraction of sp³-hybridized carbons (Fsp3) is 0.296. The first kappa shape index (κ1) is 24.7. The van der Waals surface area contributed by atoms with E-state index in [0.29, 0.717) is 16.8 Å². The number of carbonyl (C=O) groups is 1. The van der Waals surface area contributed by atoms with Crippen LogP contribution in [0.15, 0.2) is 59.5 Å². The molecule has 0 unspecified atom stereocenters. The van der Waals surface area contributed by atoms with Gasteiger partial charge in [0.1, 0.15) is 6.04 Å². The summed E-state index contributed by atoms with van der Waals surface area (Å²) in [7, 11) is -3.93. The quantitative estimate of drug-likeness (QED) is 0.513. The van der Waals surface area contributed by atoms with E-state index in [9.17, 15) is 13.2 Å². The second-order valence-corrected chi connectivity index (χ2v) is 10.5. The van der Waals surface area contributed by atoms with Gasteiger partial charge in [-0.3, -0.25) is 4.79 Å². The van der Waals surface area contributed by atoms with E-state index in [4.69, 9.17) is 0 Å². The largest absolute Gasteiger partial charge is 0.324 e. The molecule has 2 N–H and O–H groups in total. The van der Waals surface area contributed by atoms with Crippen molar-refractivity contribution in [2.24, 2.45) is 0 Å². The van der Waals surface area contributed by atoms with Gasteiger partial charge in [0, 0.05) is 5.69 Å². The molecule has 5 nitrogen and oxygen atoms in total. The third-order valence-corrected chi connectivity index (χ3v) is 7.47. The van der Waals surface area contributed by atoms with Crippen molar-refractivity contribution in [3.8, 4) is 0 Å². The molecular formula is C27H32N2O3S. The van der Waals surface area contributed by atoms with Crippen LogP contribution >= 0.6 is 0 Å². The van der Waals surface area contributed by atoms with Crippen molar-refractivity contribution >= 4 is 21.6 Å². The maximum absolute atomic E-state index is 13.4. The van der Waals surface area contributed by atoms with Crippen molar-refractivity contribution in [2.75, 3.05) is 5.32 Å². The number of hydrogen-bond acceptors (Lipinski definition) is 3. The highest BCUT2D eigenvalue weighted by Gasteiger charge is 2.29. The Morgan fingerprint density at radius 2 is 1.27 bits per heavy atom. The molecule has 3 aromatic rings. The average molecular weight is 465 g/mol. The Kier molecular flexibility index (Phi) is 7.40. The highest BCUT2D eigenvalue weighted by molar-refractivity contribution is 7.89. The number of anilines is 1. The van der Waals surface area contributed by atoms with Gasteiger partial charge >= 0.3 is 0 Å². The van der Waals surface area contributed by atoms with Crippen LogP contribution in [0.5, 0.6) is 0 Å². The molecule has 3 aromatic carbocycles. The normalized spacial score (nSPS) is 12.4. The Morgan fingerprint density at radius 3 is 1.79 bits per heavy atom. The molecule has 0 aromatic heterocycles. The number of aryl methyl sites for hydroxylation is 6. The lowest BCUT2D eigenvalue weighted by Gasteiger charge is -2.22. The molecule has 0 radical (unpaired) electrons. The van der Waals surface area contributed by atoms with Crippen molar-refractivity contribution in [3.05, 3.63) is 93.5 Å². The summed E-state index contributed by atoms with van der Waals surface area (Å²) in [4.78, 5) is 13.6. The van der Waals surface area contributed by atoms with Gasteiger partial charge in [0.05, 0.1) is 4.90 Å². The van der Waals surface area contributed by atoms with Gasteiger partial charge in [-0.15, -0.1) is 0 Å². The topological polar surface area (TPSA) is 75.3 Å². The summed E-state index contributed by atoms with van der Waals surface area (Å²) in [5.74, 6) is -0.389. The monoisotopic (exact) mass is 464 g/mol. The highest BCUT2D eigenvalue weighted by atomic mass is 32.2. The van der Waals surface area contributed by atoms with Gasteiger partial charge in [0.15, 0.2) is 0 Å². The number of hydrogen-bond donors (Lipinski definition) is 2. The Labute approximate surface area is 197 Å². The van der Waals surface area contributed by atoms with Crippen molar-refractivity contribution in [1.29, 1.82) is 0 Å². The summed E-state index contributed by atoms with van der Waals surface area (Å²) in [5, 5.41) is 2.97. The molecule has 0 bridgehead atoms. The summed E-state index contributed by atoms with van der Waals surface area (Å²) in [6.45, 7) is 11.4. The molecule has 0 spiro atoms. The first-order chi connectivity index (χ1) is 15.5. The van der Waals surface area contributed by atoms with Crippen LogP contribution in [0.25, 0.3) is 0 Å². The lowest BCUT2D eigenvalue weighted by atomic mass is 10.0. The lowest BCUT2D eigenvalue weighted by molar-refractivity contribution is -0.117.